The van der Waals surface area contributed by atoms with Crippen molar-refractivity contribution >= 4 is 11.9 Å². The second kappa shape index (κ2) is 6.41. The summed E-state index contributed by atoms with van der Waals surface area (Å²) in [5.74, 6) is 0.189. The zero-order valence-corrected chi connectivity index (χ0v) is 11.5. The third-order valence-corrected chi connectivity index (χ3v) is 3.37. The smallest absolute Gasteiger partial charge is 0.307 e. The van der Waals surface area contributed by atoms with Gasteiger partial charge in [0.15, 0.2) is 6.61 Å². The number of aliphatic carboxylic acids is 1. The van der Waals surface area contributed by atoms with Crippen molar-refractivity contribution < 1.29 is 19.4 Å². The molecule has 0 aliphatic heterocycles. The molecule has 0 unspecified atom stereocenters. The number of carboxylic acids is 1. The normalized spacial score (nSPS) is 15.4. The highest BCUT2D eigenvalue weighted by atomic mass is 16.5. The van der Waals surface area contributed by atoms with Crippen LogP contribution in [-0.4, -0.2) is 29.6 Å². The van der Waals surface area contributed by atoms with Gasteiger partial charge in [0.1, 0.15) is 5.75 Å². The molecule has 20 heavy (non-hydrogen) atoms. The highest BCUT2D eigenvalue weighted by molar-refractivity contribution is 5.77. The molecule has 1 aromatic rings. The van der Waals surface area contributed by atoms with E-state index in [1.54, 1.807) is 24.3 Å². The van der Waals surface area contributed by atoms with E-state index in [0.717, 1.165) is 0 Å². The number of benzene rings is 1. The van der Waals surface area contributed by atoms with Gasteiger partial charge in [-0.05, 0) is 43.4 Å². The molecule has 2 N–H and O–H groups in total. The van der Waals surface area contributed by atoms with E-state index < -0.39 is 5.97 Å². The molecule has 0 saturated heterocycles. The second-order valence-electron chi connectivity index (χ2n) is 5.20. The minimum Gasteiger partial charge on any atom is -0.484 e. The van der Waals surface area contributed by atoms with Gasteiger partial charge in [-0.15, -0.1) is 0 Å². The van der Waals surface area contributed by atoms with Crippen molar-refractivity contribution in [1.82, 2.24) is 5.32 Å². The lowest BCUT2D eigenvalue weighted by atomic mass is 10.1. The van der Waals surface area contributed by atoms with Gasteiger partial charge in [-0.3, -0.25) is 9.59 Å². The maximum absolute atomic E-state index is 11.7. The zero-order chi connectivity index (χ0) is 14.5. The zero-order valence-electron chi connectivity index (χ0n) is 11.5. The average molecular weight is 277 g/mol. The summed E-state index contributed by atoms with van der Waals surface area (Å²) in [6, 6.07) is 6.94. The Morgan fingerprint density at radius 2 is 2.00 bits per heavy atom. The number of carbonyl (C=O) groups is 2. The molecule has 5 nitrogen and oxygen atoms in total. The summed E-state index contributed by atoms with van der Waals surface area (Å²) >= 11 is 0. The molecular weight excluding hydrogens is 258 g/mol. The van der Waals surface area contributed by atoms with Crippen LogP contribution in [-0.2, 0) is 16.0 Å². The van der Waals surface area contributed by atoms with Gasteiger partial charge in [0, 0.05) is 6.04 Å². The Balaban J connectivity index is 1.75. The molecule has 1 saturated carbocycles. The van der Waals surface area contributed by atoms with Gasteiger partial charge in [-0.2, -0.15) is 0 Å². The van der Waals surface area contributed by atoms with Crippen molar-refractivity contribution in [3.8, 4) is 5.75 Å². The molecule has 1 fully saturated rings. The first kappa shape index (κ1) is 14.4. The number of hydrogen-bond donors (Lipinski definition) is 2. The molecule has 1 aliphatic rings. The molecule has 0 bridgehead atoms. The summed E-state index contributed by atoms with van der Waals surface area (Å²) < 4.78 is 5.37. The molecule has 5 heteroatoms. The Morgan fingerprint density at radius 1 is 1.35 bits per heavy atom. The van der Waals surface area contributed by atoms with E-state index in [2.05, 4.69) is 5.32 Å². The van der Waals surface area contributed by atoms with Crippen molar-refractivity contribution in [2.45, 2.75) is 32.2 Å². The van der Waals surface area contributed by atoms with Crippen LogP contribution in [0.3, 0.4) is 0 Å². The van der Waals surface area contributed by atoms with Gasteiger partial charge in [0.25, 0.3) is 5.91 Å². The monoisotopic (exact) mass is 277 g/mol. The Hall–Kier alpha value is -2.04. The van der Waals surface area contributed by atoms with E-state index >= 15 is 0 Å². The third-order valence-electron chi connectivity index (χ3n) is 3.37. The Kier molecular flexibility index (Phi) is 4.61. The molecule has 0 heterocycles. The van der Waals surface area contributed by atoms with E-state index in [1.807, 2.05) is 6.92 Å². The lowest BCUT2D eigenvalue weighted by molar-refractivity contribution is -0.136. The first-order valence-corrected chi connectivity index (χ1v) is 6.77. The van der Waals surface area contributed by atoms with E-state index in [9.17, 15) is 9.59 Å². The predicted octanol–water partition coefficient (Wildman–Crippen LogP) is 1.61. The van der Waals surface area contributed by atoms with Gasteiger partial charge < -0.3 is 15.2 Å². The van der Waals surface area contributed by atoms with Crippen LogP contribution >= 0.6 is 0 Å². The molecule has 1 amide bonds. The summed E-state index contributed by atoms with van der Waals surface area (Å²) in [5.41, 5.74) is 0.705. The SMILES string of the molecule is C[C@@H](NC(=O)COc1ccc(CC(=O)O)cc1)C1CC1. The van der Waals surface area contributed by atoms with E-state index in [-0.39, 0.29) is 25.0 Å². The van der Waals surface area contributed by atoms with Crippen LogP contribution in [0.2, 0.25) is 0 Å². The standard InChI is InChI=1S/C15H19NO4/c1-10(12-4-5-12)16-14(17)9-20-13-6-2-11(3-7-13)8-15(18)19/h2-3,6-7,10,12H,4-5,8-9H2,1H3,(H,16,17)(H,18,19)/t10-/m1/s1. The first-order valence-electron chi connectivity index (χ1n) is 6.77. The van der Waals surface area contributed by atoms with Crippen LogP contribution < -0.4 is 10.1 Å². The number of carbonyl (C=O) groups excluding carboxylic acids is 1. The summed E-state index contributed by atoms with van der Waals surface area (Å²) in [4.78, 5) is 22.2. The maximum atomic E-state index is 11.7. The Bertz CT molecular complexity index is 479. The fourth-order valence-corrected chi connectivity index (χ4v) is 2.04. The van der Waals surface area contributed by atoms with Crippen LogP contribution in [0, 0.1) is 5.92 Å². The lowest BCUT2D eigenvalue weighted by Crippen LogP contribution is -2.37. The molecule has 1 aliphatic carbocycles. The lowest BCUT2D eigenvalue weighted by Gasteiger charge is -2.13. The van der Waals surface area contributed by atoms with Gasteiger partial charge in [-0.1, -0.05) is 12.1 Å². The van der Waals surface area contributed by atoms with Crippen LogP contribution in [0.5, 0.6) is 5.75 Å². The fraction of sp³-hybridized carbons (Fsp3) is 0.467. The number of rotatable bonds is 7. The van der Waals surface area contributed by atoms with Gasteiger partial charge in [-0.25, -0.2) is 0 Å². The van der Waals surface area contributed by atoms with Gasteiger partial charge in [0.2, 0.25) is 0 Å². The van der Waals surface area contributed by atoms with Crippen molar-refractivity contribution in [3.63, 3.8) is 0 Å². The van der Waals surface area contributed by atoms with Crippen LogP contribution in [0.1, 0.15) is 25.3 Å². The average Bonchev–Trinajstić information content (AvgIpc) is 3.21. The van der Waals surface area contributed by atoms with Crippen LogP contribution in [0.15, 0.2) is 24.3 Å². The van der Waals surface area contributed by atoms with E-state index in [1.165, 1.54) is 12.8 Å². The number of carboxylic acid groups (broad SMARTS) is 1. The molecule has 108 valence electrons. The fourth-order valence-electron chi connectivity index (χ4n) is 2.04. The van der Waals surface area contributed by atoms with Gasteiger partial charge in [0.05, 0.1) is 6.42 Å². The van der Waals surface area contributed by atoms with Crippen LogP contribution in [0.25, 0.3) is 0 Å². The Labute approximate surface area is 117 Å². The molecule has 2 rings (SSSR count). The minimum absolute atomic E-state index is 0.0142. The number of ether oxygens (including phenoxy) is 1. The topological polar surface area (TPSA) is 75.6 Å². The summed E-state index contributed by atoms with van der Waals surface area (Å²) in [6.45, 7) is 1.99. The Morgan fingerprint density at radius 3 is 2.55 bits per heavy atom. The maximum Gasteiger partial charge on any atom is 0.307 e. The summed E-state index contributed by atoms with van der Waals surface area (Å²) in [5, 5.41) is 11.6. The quantitative estimate of drug-likeness (QED) is 0.794. The number of amides is 1. The van der Waals surface area contributed by atoms with Crippen molar-refractivity contribution in [3.05, 3.63) is 29.8 Å². The molecule has 1 aromatic carbocycles. The highest BCUT2D eigenvalue weighted by Gasteiger charge is 2.28. The van der Waals surface area contributed by atoms with E-state index in [4.69, 9.17) is 9.84 Å². The van der Waals surface area contributed by atoms with Gasteiger partial charge >= 0.3 is 5.97 Å². The minimum atomic E-state index is -0.868. The van der Waals surface area contributed by atoms with E-state index in [0.29, 0.717) is 17.2 Å². The van der Waals surface area contributed by atoms with Crippen molar-refractivity contribution in [1.29, 1.82) is 0 Å². The van der Waals surface area contributed by atoms with Crippen LogP contribution in [0.4, 0.5) is 0 Å². The summed E-state index contributed by atoms with van der Waals surface area (Å²) in [7, 11) is 0. The number of nitrogens with one attached hydrogen (secondary N) is 1. The second-order valence-corrected chi connectivity index (χ2v) is 5.20. The third kappa shape index (κ3) is 4.57. The molecule has 0 spiro atoms. The molecule has 1 atom stereocenters. The predicted molar refractivity (Wildman–Crippen MR) is 73.6 cm³/mol. The highest BCUT2D eigenvalue weighted by Crippen LogP contribution is 2.32. The molecule has 0 aromatic heterocycles. The first-order chi connectivity index (χ1) is 9.54. The van der Waals surface area contributed by atoms with Crippen molar-refractivity contribution in [2.75, 3.05) is 6.61 Å². The summed E-state index contributed by atoms with van der Waals surface area (Å²) in [6.07, 6.45) is 2.36. The molecule has 0 radical (unpaired) electrons. The molecular formula is C15H19NO4. The largest absolute Gasteiger partial charge is 0.484 e. The number of hydrogen-bond acceptors (Lipinski definition) is 3. The van der Waals surface area contributed by atoms with Crippen molar-refractivity contribution in [2.24, 2.45) is 5.92 Å².